The molecule has 0 aromatic carbocycles. The molecule has 1 aromatic rings. The van der Waals surface area contributed by atoms with E-state index < -0.39 is 36.3 Å². The maximum atomic E-state index is 12.1. The van der Waals surface area contributed by atoms with Crippen molar-refractivity contribution in [2.75, 3.05) is 13.1 Å². The second kappa shape index (κ2) is 6.64. The summed E-state index contributed by atoms with van der Waals surface area (Å²) in [6.07, 6.45) is 1.48. The minimum Gasteiger partial charge on any atom is -0.467 e. The van der Waals surface area contributed by atoms with Crippen molar-refractivity contribution in [3.8, 4) is 0 Å². The SMILES string of the molecule is CC(C)CN1C(=O)C(=O)N(CC(=O)N[C@@H](C)c2ccco2)C1=O. The van der Waals surface area contributed by atoms with Gasteiger partial charge in [0.1, 0.15) is 12.3 Å². The number of nitrogens with one attached hydrogen (secondary N) is 1. The smallest absolute Gasteiger partial charge is 0.334 e. The summed E-state index contributed by atoms with van der Waals surface area (Å²) in [5.74, 6) is -1.83. The molecule has 124 valence electrons. The fourth-order valence-corrected chi connectivity index (χ4v) is 2.26. The van der Waals surface area contributed by atoms with Crippen molar-refractivity contribution >= 4 is 23.8 Å². The first kappa shape index (κ1) is 16.7. The summed E-state index contributed by atoms with van der Waals surface area (Å²) in [5, 5.41) is 2.61. The van der Waals surface area contributed by atoms with Gasteiger partial charge in [-0.2, -0.15) is 0 Å². The first-order chi connectivity index (χ1) is 10.8. The van der Waals surface area contributed by atoms with Gasteiger partial charge in [-0.25, -0.2) is 9.69 Å². The number of carbonyl (C=O) groups excluding carboxylic acids is 4. The first-order valence-corrected chi connectivity index (χ1v) is 7.31. The van der Waals surface area contributed by atoms with Crippen molar-refractivity contribution < 1.29 is 23.6 Å². The average Bonchev–Trinajstić information content (AvgIpc) is 3.07. The molecular weight excluding hydrogens is 302 g/mol. The highest BCUT2D eigenvalue weighted by Gasteiger charge is 2.45. The summed E-state index contributed by atoms with van der Waals surface area (Å²) < 4.78 is 5.16. The van der Waals surface area contributed by atoms with Crippen LogP contribution in [0.1, 0.15) is 32.6 Å². The summed E-state index contributed by atoms with van der Waals surface area (Å²) in [4.78, 5) is 49.4. The molecule has 1 aromatic heterocycles. The van der Waals surface area contributed by atoms with Crippen LogP contribution in [0, 0.1) is 5.92 Å². The van der Waals surface area contributed by atoms with Gasteiger partial charge in [-0.05, 0) is 25.0 Å². The maximum absolute atomic E-state index is 12.1. The Labute approximate surface area is 133 Å². The van der Waals surface area contributed by atoms with Gasteiger partial charge in [-0.1, -0.05) is 13.8 Å². The Bertz CT molecular complexity index is 623. The summed E-state index contributed by atoms with van der Waals surface area (Å²) in [5.41, 5.74) is 0. The Kier molecular flexibility index (Phi) is 4.83. The number of nitrogens with zero attached hydrogens (tertiary/aromatic N) is 2. The van der Waals surface area contributed by atoms with Gasteiger partial charge in [0.05, 0.1) is 12.3 Å². The standard InChI is InChI=1S/C15H19N3O5/c1-9(2)7-17-13(20)14(21)18(15(17)22)8-12(19)16-10(3)11-5-4-6-23-11/h4-6,9-10H,7-8H2,1-3H3,(H,16,19)/t10-/m0/s1. The molecule has 1 aliphatic heterocycles. The van der Waals surface area contributed by atoms with Crippen molar-refractivity contribution in [1.82, 2.24) is 15.1 Å². The van der Waals surface area contributed by atoms with Gasteiger partial charge in [-0.3, -0.25) is 19.3 Å². The fourth-order valence-electron chi connectivity index (χ4n) is 2.26. The zero-order valence-corrected chi connectivity index (χ0v) is 13.2. The molecule has 0 radical (unpaired) electrons. The number of rotatable bonds is 6. The van der Waals surface area contributed by atoms with Crippen LogP contribution in [-0.2, 0) is 14.4 Å². The van der Waals surface area contributed by atoms with Crippen LogP contribution in [0.15, 0.2) is 22.8 Å². The predicted octanol–water partition coefficient (Wildman–Crippen LogP) is 0.904. The topological polar surface area (TPSA) is 99.9 Å². The van der Waals surface area contributed by atoms with Crippen molar-refractivity contribution in [2.24, 2.45) is 5.92 Å². The largest absolute Gasteiger partial charge is 0.467 e. The molecule has 0 aliphatic carbocycles. The van der Waals surface area contributed by atoms with Crippen LogP contribution in [0.4, 0.5) is 4.79 Å². The molecule has 0 bridgehead atoms. The number of hydrogen-bond donors (Lipinski definition) is 1. The minimum atomic E-state index is -0.976. The lowest BCUT2D eigenvalue weighted by atomic mass is 10.2. The molecular formula is C15H19N3O5. The fraction of sp³-hybridized carbons (Fsp3) is 0.467. The van der Waals surface area contributed by atoms with Crippen LogP contribution >= 0.6 is 0 Å². The van der Waals surface area contributed by atoms with E-state index in [1.807, 2.05) is 13.8 Å². The highest BCUT2D eigenvalue weighted by molar-refractivity contribution is 6.45. The van der Waals surface area contributed by atoms with Gasteiger partial charge in [0.25, 0.3) is 0 Å². The second-order valence-electron chi connectivity index (χ2n) is 5.79. The Hall–Kier alpha value is -2.64. The van der Waals surface area contributed by atoms with Gasteiger partial charge in [0.15, 0.2) is 0 Å². The molecule has 1 fully saturated rings. The Morgan fingerprint density at radius 1 is 1.17 bits per heavy atom. The van der Waals surface area contributed by atoms with Crippen molar-refractivity contribution in [3.63, 3.8) is 0 Å². The average molecular weight is 321 g/mol. The van der Waals surface area contributed by atoms with E-state index >= 15 is 0 Å². The number of amides is 5. The van der Waals surface area contributed by atoms with E-state index in [9.17, 15) is 19.2 Å². The van der Waals surface area contributed by atoms with Gasteiger partial charge in [-0.15, -0.1) is 0 Å². The zero-order chi connectivity index (χ0) is 17.1. The summed E-state index contributed by atoms with van der Waals surface area (Å²) in [6, 6.07) is 2.22. The van der Waals surface area contributed by atoms with Crippen LogP contribution in [-0.4, -0.2) is 46.6 Å². The van der Waals surface area contributed by atoms with Crippen LogP contribution in [0.25, 0.3) is 0 Å². The third kappa shape index (κ3) is 3.58. The molecule has 0 unspecified atom stereocenters. The number of hydrogen-bond acceptors (Lipinski definition) is 5. The third-order valence-electron chi connectivity index (χ3n) is 3.33. The number of imide groups is 2. The van der Waals surface area contributed by atoms with Crippen LogP contribution < -0.4 is 5.32 Å². The quantitative estimate of drug-likeness (QED) is 0.620. The third-order valence-corrected chi connectivity index (χ3v) is 3.33. The lowest BCUT2D eigenvalue weighted by Gasteiger charge is -2.17. The molecule has 1 aliphatic rings. The number of urea groups is 1. The predicted molar refractivity (Wildman–Crippen MR) is 78.9 cm³/mol. The summed E-state index contributed by atoms with van der Waals surface area (Å²) in [6.45, 7) is 5.00. The van der Waals surface area contributed by atoms with Gasteiger partial charge < -0.3 is 9.73 Å². The normalized spacial score (nSPS) is 16.4. The van der Waals surface area contributed by atoms with Crippen molar-refractivity contribution in [2.45, 2.75) is 26.8 Å². The lowest BCUT2D eigenvalue weighted by molar-refractivity contribution is -0.144. The molecule has 2 heterocycles. The number of carbonyl (C=O) groups is 4. The lowest BCUT2D eigenvalue weighted by Crippen LogP contribution is -2.42. The molecule has 0 spiro atoms. The molecule has 1 N–H and O–H groups in total. The van der Waals surface area contributed by atoms with Gasteiger partial charge in [0.2, 0.25) is 5.91 Å². The van der Waals surface area contributed by atoms with E-state index in [-0.39, 0.29) is 12.5 Å². The Morgan fingerprint density at radius 2 is 1.83 bits per heavy atom. The maximum Gasteiger partial charge on any atom is 0.334 e. The van der Waals surface area contributed by atoms with E-state index in [0.717, 1.165) is 4.90 Å². The zero-order valence-electron chi connectivity index (χ0n) is 13.2. The van der Waals surface area contributed by atoms with Gasteiger partial charge >= 0.3 is 17.8 Å². The van der Waals surface area contributed by atoms with Crippen LogP contribution in [0.5, 0.6) is 0 Å². The highest BCUT2D eigenvalue weighted by Crippen LogP contribution is 2.15. The minimum absolute atomic E-state index is 0.0310. The second-order valence-corrected chi connectivity index (χ2v) is 5.79. The molecule has 1 saturated heterocycles. The molecule has 5 amide bonds. The molecule has 23 heavy (non-hydrogen) atoms. The van der Waals surface area contributed by atoms with E-state index in [2.05, 4.69) is 5.32 Å². The van der Waals surface area contributed by atoms with E-state index in [1.54, 1.807) is 19.1 Å². The molecule has 8 nitrogen and oxygen atoms in total. The molecule has 1 atom stereocenters. The molecule has 2 rings (SSSR count). The van der Waals surface area contributed by atoms with Crippen molar-refractivity contribution in [3.05, 3.63) is 24.2 Å². The number of furan rings is 1. The van der Waals surface area contributed by atoms with E-state index in [0.29, 0.717) is 10.7 Å². The molecule has 0 saturated carbocycles. The Morgan fingerprint density at radius 3 is 2.39 bits per heavy atom. The molecule has 8 heteroatoms. The monoisotopic (exact) mass is 321 g/mol. The summed E-state index contributed by atoms with van der Waals surface area (Å²) in [7, 11) is 0. The van der Waals surface area contributed by atoms with E-state index in [4.69, 9.17) is 4.42 Å². The van der Waals surface area contributed by atoms with Crippen LogP contribution in [0.3, 0.4) is 0 Å². The summed E-state index contributed by atoms with van der Waals surface area (Å²) >= 11 is 0. The Balaban J connectivity index is 1.99. The van der Waals surface area contributed by atoms with Crippen molar-refractivity contribution in [1.29, 1.82) is 0 Å². The van der Waals surface area contributed by atoms with Crippen LogP contribution in [0.2, 0.25) is 0 Å². The van der Waals surface area contributed by atoms with E-state index in [1.165, 1.54) is 6.26 Å². The first-order valence-electron chi connectivity index (χ1n) is 7.31. The highest BCUT2D eigenvalue weighted by atomic mass is 16.3. The van der Waals surface area contributed by atoms with Gasteiger partial charge in [0, 0.05) is 6.54 Å².